The van der Waals surface area contributed by atoms with Crippen molar-refractivity contribution in [2.24, 2.45) is 0 Å². The molecule has 0 unspecified atom stereocenters. The van der Waals surface area contributed by atoms with Crippen molar-refractivity contribution in [1.29, 1.82) is 0 Å². The number of methoxy groups -OCH3 is 1. The quantitative estimate of drug-likeness (QED) is 0.823. The number of carbonyl (C=O) groups is 1. The molecule has 0 aliphatic carbocycles. The highest BCUT2D eigenvalue weighted by molar-refractivity contribution is 7.89. The molecule has 2 N–H and O–H groups in total. The molecule has 2 aromatic rings. The van der Waals surface area contributed by atoms with Crippen LogP contribution >= 0.6 is 23.2 Å². The second-order valence-electron chi connectivity index (χ2n) is 4.69. The number of hydrogen-bond acceptors (Lipinski definition) is 4. The molecule has 0 aliphatic rings. The molecule has 9 heteroatoms. The Morgan fingerprint density at radius 1 is 1.08 bits per heavy atom. The van der Waals surface area contributed by atoms with Crippen LogP contribution in [0.5, 0.6) is 5.75 Å². The van der Waals surface area contributed by atoms with Crippen molar-refractivity contribution in [1.82, 2.24) is 4.72 Å². The summed E-state index contributed by atoms with van der Waals surface area (Å²) >= 11 is 11.8. The Morgan fingerprint density at radius 2 is 1.71 bits per heavy atom. The van der Waals surface area contributed by atoms with Crippen molar-refractivity contribution in [2.45, 2.75) is 4.90 Å². The summed E-state index contributed by atoms with van der Waals surface area (Å²) in [5, 5.41) is 3.34. The number of nitrogens with one attached hydrogen (secondary N) is 2. The Morgan fingerprint density at radius 3 is 2.25 bits per heavy atom. The maximum Gasteiger partial charge on any atom is 0.255 e. The summed E-state index contributed by atoms with van der Waals surface area (Å²) in [5.41, 5.74) is 0.534. The molecule has 0 saturated carbocycles. The van der Waals surface area contributed by atoms with E-state index in [-0.39, 0.29) is 16.2 Å². The van der Waals surface area contributed by atoms with Gasteiger partial charge < -0.3 is 10.1 Å². The highest BCUT2D eigenvalue weighted by Gasteiger charge is 2.20. The van der Waals surface area contributed by atoms with E-state index in [1.165, 1.54) is 50.6 Å². The van der Waals surface area contributed by atoms with Crippen LogP contribution in [0.25, 0.3) is 0 Å². The van der Waals surface area contributed by atoms with Crippen LogP contribution in [0.1, 0.15) is 10.4 Å². The zero-order valence-electron chi connectivity index (χ0n) is 12.8. The highest BCUT2D eigenvalue weighted by atomic mass is 35.5. The molecule has 2 aromatic carbocycles. The fraction of sp³-hybridized carbons (Fsp3) is 0.133. The van der Waals surface area contributed by atoms with Gasteiger partial charge in [-0.25, -0.2) is 13.1 Å². The third-order valence-electron chi connectivity index (χ3n) is 3.10. The fourth-order valence-corrected chi connectivity index (χ4v) is 3.41. The topological polar surface area (TPSA) is 84.5 Å². The van der Waals surface area contributed by atoms with Crippen LogP contribution in [0.4, 0.5) is 5.69 Å². The predicted molar refractivity (Wildman–Crippen MR) is 93.7 cm³/mol. The standard InChI is InChI=1S/C15H14Cl2N2O4S/c1-18-24(21,22)14-5-9(3-4-13(14)23-2)15(20)19-12-7-10(16)6-11(17)8-12/h3-8,18H,1-2H3,(H,19,20). The van der Waals surface area contributed by atoms with Gasteiger partial charge in [-0.05, 0) is 43.4 Å². The Bertz CT molecular complexity index is 865. The van der Waals surface area contributed by atoms with Crippen LogP contribution in [0.15, 0.2) is 41.3 Å². The first-order chi connectivity index (χ1) is 11.3. The summed E-state index contributed by atoms with van der Waals surface area (Å²) < 4.78 is 31.3. The van der Waals surface area contributed by atoms with Gasteiger partial charge in [0.2, 0.25) is 10.0 Å². The zero-order valence-corrected chi connectivity index (χ0v) is 15.1. The molecule has 0 aliphatic heterocycles. The second kappa shape index (κ2) is 7.40. The summed E-state index contributed by atoms with van der Waals surface area (Å²) in [4.78, 5) is 12.2. The van der Waals surface area contributed by atoms with Crippen LogP contribution in [0, 0.1) is 0 Å². The van der Waals surface area contributed by atoms with E-state index >= 15 is 0 Å². The molecule has 0 fully saturated rings. The molecule has 0 spiro atoms. The molecular weight excluding hydrogens is 375 g/mol. The van der Waals surface area contributed by atoms with Gasteiger partial charge in [-0.1, -0.05) is 23.2 Å². The normalized spacial score (nSPS) is 11.2. The number of amides is 1. The summed E-state index contributed by atoms with van der Waals surface area (Å²) in [5.74, 6) is -0.379. The van der Waals surface area contributed by atoms with Gasteiger partial charge in [0, 0.05) is 21.3 Å². The van der Waals surface area contributed by atoms with E-state index in [4.69, 9.17) is 27.9 Å². The molecule has 1 amide bonds. The molecule has 0 bridgehead atoms. The lowest BCUT2D eigenvalue weighted by molar-refractivity contribution is 0.102. The molecule has 0 atom stereocenters. The summed E-state index contributed by atoms with van der Waals surface area (Å²) in [6.07, 6.45) is 0. The van der Waals surface area contributed by atoms with Gasteiger partial charge in [-0.15, -0.1) is 0 Å². The maximum atomic E-state index is 12.4. The smallest absolute Gasteiger partial charge is 0.255 e. The highest BCUT2D eigenvalue weighted by Crippen LogP contribution is 2.26. The van der Waals surface area contributed by atoms with Crippen LogP contribution in [0.3, 0.4) is 0 Å². The molecule has 24 heavy (non-hydrogen) atoms. The van der Waals surface area contributed by atoms with Crippen molar-refractivity contribution in [2.75, 3.05) is 19.5 Å². The first kappa shape index (κ1) is 18.5. The lowest BCUT2D eigenvalue weighted by Crippen LogP contribution is -2.20. The Balaban J connectivity index is 2.38. The fourth-order valence-electron chi connectivity index (χ4n) is 1.97. The average Bonchev–Trinajstić information content (AvgIpc) is 2.53. The van der Waals surface area contributed by atoms with Crippen molar-refractivity contribution in [3.8, 4) is 5.75 Å². The van der Waals surface area contributed by atoms with Gasteiger partial charge in [0.1, 0.15) is 10.6 Å². The maximum absolute atomic E-state index is 12.4. The van der Waals surface area contributed by atoms with Crippen LogP contribution in [0.2, 0.25) is 10.0 Å². The van der Waals surface area contributed by atoms with Crippen molar-refractivity contribution < 1.29 is 17.9 Å². The van der Waals surface area contributed by atoms with Gasteiger partial charge in [-0.3, -0.25) is 4.79 Å². The molecule has 0 radical (unpaired) electrons. The van der Waals surface area contributed by atoms with E-state index in [1.807, 2.05) is 0 Å². The van der Waals surface area contributed by atoms with E-state index in [9.17, 15) is 13.2 Å². The summed E-state index contributed by atoms with van der Waals surface area (Å²) in [6, 6.07) is 8.68. The van der Waals surface area contributed by atoms with E-state index in [1.54, 1.807) is 0 Å². The largest absolute Gasteiger partial charge is 0.495 e. The monoisotopic (exact) mass is 388 g/mol. The van der Waals surface area contributed by atoms with Crippen molar-refractivity contribution >= 4 is 44.8 Å². The van der Waals surface area contributed by atoms with Gasteiger partial charge in [0.05, 0.1) is 7.11 Å². The molecule has 0 heterocycles. The van der Waals surface area contributed by atoms with Crippen LogP contribution in [-0.2, 0) is 10.0 Å². The summed E-state index contributed by atoms with van der Waals surface area (Å²) in [6.45, 7) is 0. The lowest BCUT2D eigenvalue weighted by atomic mass is 10.2. The third-order valence-corrected chi connectivity index (χ3v) is 4.98. The number of sulfonamides is 1. The predicted octanol–water partition coefficient (Wildman–Crippen LogP) is 3.16. The van der Waals surface area contributed by atoms with Crippen molar-refractivity contribution in [3.63, 3.8) is 0 Å². The number of benzene rings is 2. The number of halogens is 2. The Kier molecular flexibility index (Phi) is 5.71. The minimum absolute atomic E-state index is 0.131. The SMILES string of the molecule is CNS(=O)(=O)c1cc(C(=O)Nc2cc(Cl)cc(Cl)c2)ccc1OC. The van der Waals surface area contributed by atoms with Crippen LogP contribution < -0.4 is 14.8 Å². The van der Waals surface area contributed by atoms with E-state index in [0.717, 1.165) is 0 Å². The molecule has 2 rings (SSSR count). The van der Waals surface area contributed by atoms with E-state index < -0.39 is 15.9 Å². The first-order valence-corrected chi connectivity index (χ1v) is 8.90. The molecule has 0 saturated heterocycles. The number of carbonyl (C=O) groups excluding carboxylic acids is 1. The summed E-state index contributed by atoms with van der Waals surface area (Å²) in [7, 11) is -1.16. The number of hydrogen-bond donors (Lipinski definition) is 2. The molecule has 128 valence electrons. The van der Waals surface area contributed by atoms with Gasteiger partial charge in [-0.2, -0.15) is 0 Å². The molecular formula is C15H14Cl2N2O4S. The van der Waals surface area contributed by atoms with E-state index in [0.29, 0.717) is 15.7 Å². The van der Waals surface area contributed by atoms with Gasteiger partial charge >= 0.3 is 0 Å². The van der Waals surface area contributed by atoms with Gasteiger partial charge in [0.25, 0.3) is 5.91 Å². The van der Waals surface area contributed by atoms with Crippen LogP contribution in [-0.4, -0.2) is 28.5 Å². The second-order valence-corrected chi connectivity index (χ2v) is 7.41. The Labute approximate surface area is 149 Å². The average molecular weight is 389 g/mol. The van der Waals surface area contributed by atoms with Crippen molar-refractivity contribution in [3.05, 3.63) is 52.0 Å². The zero-order chi connectivity index (χ0) is 17.9. The Hall–Kier alpha value is -1.80. The molecule has 0 aromatic heterocycles. The molecule has 6 nitrogen and oxygen atoms in total. The number of ether oxygens (including phenoxy) is 1. The van der Waals surface area contributed by atoms with Gasteiger partial charge in [0.15, 0.2) is 0 Å². The third kappa shape index (κ3) is 4.18. The lowest BCUT2D eigenvalue weighted by Gasteiger charge is -2.11. The minimum Gasteiger partial charge on any atom is -0.495 e. The first-order valence-electron chi connectivity index (χ1n) is 6.66. The van der Waals surface area contributed by atoms with E-state index in [2.05, 4.69) is 10.0 Å². The number of anilines is 1. The minimum atomic E-state index is -3.78. The number of rotatable bonds is 5.